The van der Waals surface area contributed by atoms with Crippen LogP contribution in [0.4, 0.5) is 5.69 Å². The topological polar surface area (TPSA) is 97.5 Å². The summed E-state index contributed by atoms with van der Waals surface area (Å²) in [7, 11) is 0. The van der Waals surface area contributed by atoms with E-state index < -0.39 is 28.5 Å². The van der Waals surface area contributed by atoms with Gasteiger partial charge in [0.05, 0.1) is 11.3 Å². The first-order valence-electron chi connectivity index (χ1n) is 4.97. The van der Waals surface area contributed by atoms with E-state index in [9.17, 15) is 19.7 Å². The van der Waals surface area contributed by atoms with Gasteiger partial charge < -0.3 is 5.11 Å². The second-order valence-corrected chi connectivity index (χ2v) is 4.08. The molecule has 0 radical (unpaired) electrons. The van der Waals surface area contributed by atoms with Crippen LogP contribution in [0.5, 0.6) is 0 Å². The molecule has 0 saturated heterocycles. The molecule has 18 heavy (non-hydrogen) atoms. The molecule has 1 rings (SSSR count). The van der Waals surface area contributed by atoms with Gasteiger partial charge in [0, 0.05) is 11.6 Å². The van der Waals surface area contributed by atoms with Crippen LogP contribution in [0.25, 0.3) is 0 Å². The molecule has 0 aliphatic rings. The first kappa shape index (κ1) is 14.1. The van der Waals surface area contributed by atoms with Crippen molar-refractivity contribution in [3.05, 3.63) is 39.4 Å². The lowest BCUT2D eigenvalue weighted by Gasteiger charge is -2.11. The zero-order valence-electron chi connectivity index (χ0n) is 9.42. The number of benzene rings is 1. The number of hydrogen-bond donors (Lipinski definition) is 1. The molecule has 0 fully saturated rings. The molecule has 7 heteroatoms. The van der Waals surface area contributed by atoms with Crippen molar-refractivity contribution < 1.29 is 19.6 Å². The van der Waals surface area contributed by atoms with Gasteiger partial charge in [-0.05, 0) is 12.5 Å². The van der Waals surface area contributed by atoms with E-state index in [0.717, 1.165) is 0 Å². The summed E-state index contributed by atoms with van der Waals surface area (Å²) in [5.74, 6) is -1.62. The van der Waals surface area contributed by atoms with Gasteiger partial charge in [0.15, 0.2) is 5.78 Å². The van der Waals surface area contributed by atoms with Crippen molar-refractivity contribution in [2.24, 2.45) is 0 Å². The van der Waals surface area contributed by atoms with Gasteiger partial charge in [0.2, 0.25) is 0 Å². The minimum atomic E-state index is -1.22. The van der Waals surface area contributed by atoms with E-state index >= 15 is 0 Å². The summed E-state index contributed by atoms with van der Waals surface area (Å²) in [6.45, 7) is 1.24. The Morgan fingerprint density at radius 1 is 1.50 bits per heavy atom. The average molecular weight is 272 g/mol. The molecule has 0 amide bonds. The van der Waals surface area contributed by atoms with Crippen molar-refractivity contribution in [1.29, 1.82) is 0 Å². The highest BCUT2D eigenvalue weighted by atomic mass is 35.5. The third-order valence-corrected chi connectivity index (χ3v) is 2.88. The first-order valence-corrected chi connectivity index (χ1v) is 5.40. The number of aliphatic carboxylic acids is 1. The normalized spacial score (nSPS) is 11.9. The van der Waals surface area contributed by atoms with Gasteiger partial charge in [0.1, 0.15) is 5.38 Å². The Hall–Kier alpha value is -1.95. The second-order valence-electron chi connectivity index (χ2n) is 3.65. The summed E-state index contributed by atoms with van der Waals surface area (Å²) in [5, 5.41) is 18.5. The summed E-state index contributed by atoms with van der Waals surface area (Å²) < 4.78 is 0. The Kier molecular flexibility index (Phi) is 4.38. The number of nitro benzene ring substituents is 1. The van der Waals surface area contributed by atoms with E-state index in [1.807, 2.05) is 0 Å². The predicted molar refractivity (Wildman–Crippen MR) is 63.7 cm³/mol. The molecule has 0 aromatic heterocycles. The Morgan fingerprint density at radius 2 is 2.11 bits per heavy atom. The summed E-state index contributed by atoms with van der Waals surface area (Å²) in [4.78, 5) is 32.1. The van der Waals surface area contributed by atoms with E-state index in [1.165, 1.54) is 25.1 Å². The second kappa shape index (κ2) is 5.59. The molecule has 1 N–H and O–H groups in total. The lowest BCUT2D eigenvalue weighted by Crippen LogP contribution is -2.11. The van der Waals surface area contributed by atoms with Crippen molar-refractivity contribution >= 4 is 29.0 Å². The molecule has 1 aromatic carbocycles. The van der Waals surface area contributed by atoms with Crippen LogP contribution in [-0.4, -0.2) is 21.8 Å². The van der Waals surface area contributed by atoms with Crippen LogP contribution in [0.1, 0.15) is 23.4 Å². The summed E-state index contributed by atoms with van der Waals surface area (Å²) in [6, 6.07) is 3.98. The lowest BCUT2D eigenvalue weighted by molar-refractivity contribution is -0.385. The number of alkyl halides is 1. The molecule has 0 aliphatic carbocycles. The van der Waals surface area contributed by atoms with Gasteiger partial charge in [-0.1, -0.05) is 12.1 Å². The SMILES string of the molecule is CC(=O)C(Cl)c1cccc([N+](=O)[O-])c1CC(=O)O. The molecule has 0 spiro atoms. The minimum Gasteiger partial charge on any atom is -0.481 e. The maximum absolute atomic E-state index is 11.2. The van der Waals surface area contributed by atoms with Crippen molar-refractivity contribution in [1.82, 2.24) is 0 Å². The van der Waals surface area contributed by atoms with Crippen molar-refractivity contribution in [2.75, 3.05) is 0 Å². The van der Waals surface area contributed by atoms with Crippen LogP contribution in [0.3, 0.4) is 0 Å². The number of nitro groups is 1. The number of carboxylic acid groups (broad SMARTS) is 1. The summed E-state index contributed by atoms with van der Waals surface area (Å²) >= 11 is 5.84. The fraction of sp³-hybridized carbons (Fsp3) is 0.273. The van der Waals surface area contributed by atoms with Crippen LogP contribution in [0.15, 0.2) is 18.2 Å². The van der Waals surface area contributed by atoms with E-state index in [-0.39, 0.29) is 16.8 Å². The number of carboxylic acids is 1. The number of rotatable bonds is 5. The van der Waals surface area contributed by atoms with Crippen LogP contribution >= 0.6 is 11.6 Å². The van der Waals surface area contributed by atoms with Crippen LogP contribution in [0.2, 0.25) is 0 Å². The number of carbonyl (C=O) groups excluding carboxylic acids is 1. The molecule has 1 aromatic rings. The zero-order chi connectivity index (χ0) is 13.9. The van der Waals surface area contributed by atoms with Gasteiger partial charge in [-0.3, -0.25) is 19.7 Å². The minimum absolute atomic E-state index is 0.0369. The molecule has 0 aliphatic heterocycles. The highest BCUT2D eigenvalue weighted by Gasteiger charge is 2.25. The number of nitrogens with zero attached hydrogens (tertiary/aromatic N) is 1. The first-order chi connectivity index (χ1) is 8.34. The van der Waals surface area contributed by atoms with Crippen LogP contribution in [0, 0.1) is 10.1 Å². The van der Waals surface area contributed by atoms with Crippen LogP contribution in [-0.2, 0) is 16.0 Å². The summed E-state index contributed by atoms with van der Waals surface area (Å²) in [5.41, 5.74) is -0.215. The van der Waals surface area contributed by atoms with Crippen molar-refractivity contribution in [3.63, 3.8) is 0 Å². The number of carbonyl (C=O) groups is 2. The third-order valence-electron chi connectivity index (χ3n) is 2.34. The van der Waals surface area contributed by atoms with Gasteiger partial charge in [-0.25, -0.2) is 0 Å². The number of hydrogen-bond acceptors (Lipinski definition) is 4. The van der Waals surface area contributed by atoms with Crippen LogP contribution < -0.4 is 0 Å². The van der Waals surface area contributed by atoms with Gasteiger partial charge >= 0.3 is 5.97 Å². The van der Waals surface area contributed by atoms with Gasteiger partial charge in [-0.15, -0.1) is 11.6 Å². The molecule has 0 heterocycles. The molecule has 96 valence electrons. The van der Waals surface area contributed by atoms with Gasteiger partial charge in [0.25, 0.3) is 5.69 Å². The third kappa shape index (κ3) is 3.04. The van der Waals surface area contributed by atoms with Crippen molar-refractivity contribution in [2.45, 2.75) is 18.7 Å². The largest absolute Gasteiger partial charge is 0.481 e. The molecule has 0 bridgehead atoms. The van der Waals surface area contributed by atoms with E-state index in [4.69, 9.17) is 16.7 Å². The molecular formula is C11H10ClNO5. The van der Waals surface area contributed by atoms with E-state index in [1.54, 1.807) is 0 Å². The molecular weight excluding hydrogens is 262 g/mol. The number of halogens is 1. The highest BCUT2D eigenvalue weighted by molar-refractivity contribution is 6.31. The highest BCUT2D eigenvalue weighted by Crippen LogP contribution is 2.31. The number of Topliss-reactive ketones (excluding diaryl/α,β-unsaturated/α-hetero) is 1. The molecule has 1 atom stereocenters. The Morgan fingerprint density at radius 3 is 2.56 bits per heavy atom. The maximum atomic E-state index is 11.2. The maximum Gasteiger partial charge on any atom is 0.308 e. The standard InChI is InChI=1S/C11H10ClNO5/c1-6(14)11(12)7-3-2-4-9(13(17)18)8(7)5-10(15)16/h2-4,11H,5H2,1H3,(H,15,16). The smallest absolute Gasteiger partial charge is 0.308 e. The quantitative estimate of drug-likeness (QED) is 0.502. The monoisotopic (exact) mass is 271 g/mol. The molecule has 0 saturated carbocycles. The Balaban J connectivity index is 3.41. The van der Waals surface area contributed by atoms with Gasteiger partial charge in [-0.2, -0.15) is 0 Å². The average Bonchev–Trinajstić information content (AvgIpc) is 2.27. The fourth-order valence-corrected chi connectivity index (χ4v) is 1.77. The van der Waals surface area contributed by atoms with Crippen molar-refractivity contribution in [3.8, 4) is 0 Å². The van der Waals surface area contributed by atoms with E-state index in [2.05, 4.69) is 0 Å². The summed E-state index contributed by atoms with van der Waals surface area (Å²) in [6.07, 6.45) is -0.553. The Labute approximate surface area is 107 Å². The van der Waals surface area contributed by atoms with E-state index in [0.29, 0.717) is 0 Å². The number of ketones is 1. The predicted octanol–water partition coefficient (Wildman–Crippen LogP) is 2.09. The zero-order valence-corrected chi connectivity index (χ0v) is 10.2. The fourth-order valence-electron chi connectivity index (χ4n) is 1.56. The molecule has 1 unspecified atom stereocenters. The molecule has 6 nitrogen and oxygen atoms in total. The Bertz CT molecular complexity index is 514. The lowest BCUT2D eigenvalue weighted by atomic mass is 9.98.